The van der Waals surface area contributed by atoms with Crippen LogP contribution in [0.15, 0.2) is 0 Å². The number of carbonyl (C=O) groups is 1. The number of nitrogens with one attached hydrogen (secondary N) is 1. The number of rotatable bonds is 57. The highest BCUT2D eigenvalue weighted by atomic mass is 16.7. The van der Waals surface area contributed by atoms with Crippen molar-refractivity contribution in [3.8, 4) is 0 Å². The molecule has 2 aliphatic heterocycles. The molecule has 0 bridgehead atoms. The number of ether oxygens (including phenoxy) is 4. The van der Waals surface area contributed by atoms with Crippen molar-refractivity contribution in [2.75, 3.05) is 19.8 Å². The predicted molar refractivity (Wildman–Crippen MR) is 323 cm³/mol. The number of aliphatic hydroxyl groups is 8. The van der Waals surface area contributed by atoms with Crippen LogP contribution in [-0.4, -0.2) is 140 Å². The van der Waals surface area contributed by atoms with Gasteiger partial charge in [0.15, 0.2) is 12.6 Å². The molecular formula is C66H129NO13. The third kappa shape index (κ3) is 36.7. The van der Waals surface area contributed by atoms with Crippen molar-refractivity contribution in [1.82, 2.24) is 5.32 Å². The molecule has 14 nitrogen and oxygen atoms in total. The summed E-state index contributed by atoms with van der Waals surface area (Å²) in [7, 11) is 0. The van der Waals surface area contributed by atoms with E-state index in [1.165, 1.54) is 244 Å². The first-order valence-electron chi connectivity index (χ1n) is 34.3. The molecule has 2 saturated heterocycles. The average Bonchev–Trinajstić information content (AvgIpc) is 3.46. The molecule has 2 heterocycles. The number of aliphatic hydroxyl groups excluding tert-OH is 8. The lowest BCUT2D eigenvalue weighted by molar-refractivity contribution is -0.359. The van der Waals surface area contributed by atoms with Crippen LogP contribution in [0.4, 0.5) is 0 Å². The highest BCUT2D eigenvalue weighted by Crippen LogP contribution is 2.30. The molecule has 9 N–H and O–H groups in total. The molecule has 2 aliphatic rings. The topological polar surface area (TPSA) is 228 Å². The minimum atomic E-state index is -1.78. The van der Waals surface area contributed by atoms with Gasteiger partial charge in [0.05, 0.1) is 32.0 Å². The lowest BCUT2D eigenvalue weighted by Gasteiger charge is -2.46. The van der Waals surface area contributed by atoms with Crippen LogP contribution in [0.3, 0.4) is 0 Å². The Labute approximate surface area is 489 Å². The molecule has 0 aromatic heterocycles. The van der Waals surface area contributed by atoms with Crippen molar-refractivity contribution in [2.24, 2.45) is 0 Å². The van der Waals surface area contributed by atoms with Crippen LogP contribution < -0.4 is 5.32 Å². The third-order valence-corrected chi connectivity index (χ3v) is 17.3. The van der Waals surface area contributed by atoms with Gasteiger partial charge in [0.1, 0.15) is 48.8 Å². The predicted octanol–water partition coefficient (Wildman–Crippen LogP) is 13.2. The summed E-state index contributed by atoms with van der Waals surface area (Å²) in [5.41, 5.74) is 0. The molecule has 12 atom stereocenters. The molecule has 0 aliphatic carbocycles. The van der Waals surface area contributed by atoms with Gasteiger partial charge < -0.3 is 65.1 Å². The Kier molecular flexibility index (Phi) is 49.1. The van der Waals surface area contributed by atoms with Crippen LogP contribution in [0, 0.1) is 0 Å². The maximum atomic E-state index is 13.3. The smallest absolute Gasteiger partial charge is 0.220 e. The molecule has 476 valence electrons. The average molecular weight is 1140 g/mol. The van der Waals surface area contributed by atoms with Gasteiger partial charge in [-0.05, 0) is 12.8 Å². The molecule has 2 fully saturated rings. The highest BCUT2D eigenvalue weighted by molar-refractivity contribution is 5.76. The van der Waals surface area contributed by atoms with Crippen LogP contribution in [0.2, 0.25) is 0 Å². The molecule has 0 aromatic carbocycles. The van der Waals surface area contributed by atoms with Gasteiger partial charge in [0, 0.05) is 6.42 Å². The van der Waals surface area contributed by atoms with Crippen molar-refractivity contribution in [3.05, 3.63) is 0 Å². The fraction of sp³-hybridized carbons (Fsp3) is 0.985. The van der Waals surface area contributed by atoms with Crippen LogP contribution >= 0.6 is 0 Å². The van der Waals surface area contributed by atoms with E-state index in [2.05, 4.69) is 19.2 Å². The van der Waals surface area contributed by atoms with Crippen LogP contribution in [0.5, 0.6) is 0 Å². The fourth-order valence-electron chi connectivity index (χ4n) is 11.8. The fourth-order valence-corrected chi connectivity index (χ4v) is 11.8. The number of hydrogen-bond donors (Lipinski definition) is 9. The first-order valence-corrected chi connectivity index (χ1v) is 34.3. The largest absolute Gasteiger partial charge is 0.394 e. The first-order chi connectivity index (χ1) is 39.1. The van der Waals surface area contributed by atoms with Crippen molar-refractivity contribution in [3.63, 3.8) is 0 Å². The van der Waals surface area contributed by atoms with Gasteiger partial charge in [-0.25, -0.2) is 0 Å². The molecule has 0 radical (unpaired) electrons. The molecule has 80 heavy (non-hydrogen) atoms. The monoisotopic (exact) mass is 1140 g/mol. The number of amides is 1. The van der Waals surface area contributed by atoms with Crippen molar-refractivity contribution in [2.45, 2.75) is 396 Å². The van der Waals surface area contributed by atoms with Gasteiger partial charge in [-0.3, -0.25) is 4.79 Å². The summed E-state index contributed by atoms with van der Waals surface area (Å²) in [6, 6.07) is -0.823. The Bertz CT molecular complexity index is 1350. The summed E-state index contributed by atoms with van der Waals surface area (Å²) >= 11 is 0. The van der Waals surface area contributed by atoms with Crippen molar-refractivity contribution < 1.29 is 64.6 Å². The molecule has 12 unspecified atom stereocenters. The van der Waals surface area contributed by atoms with Gasteiger partial charge in [0.25, 0.3) is 0 Å². The van der Waals surface area contributed by atoms with E-state index < -0.39 is 86.8 Å². The zero-order chi connectivity index (χ0) is 58.1. The highest BCUT2D eigenvalue weighted by Gasteiger charge is 2.51. The Morgan fingerprint density at radius 3 is 1.06 bits per heavy atom. The summed E-state index contributed by atoms with van der Waals surface area (Å²) in [6.45, 7) is 2.92. The Hall–Kier alpha value is -1.01. The molecule has 0 aromatic rings. The minimum Gasteiger partial charge on any atom is -0.394 e. The summed E-state index contributed by atoms with van der Waals surface area (Å²) in [4.78, 5) is 13.3. The lowest BCUT2D eigenvalue weighted by Crippen LogP contribution is -2.65. The van der Waals surface area contributed by atoms with E-state index in [0.29, 0.717) is 12.8 Å². The van der Waals surface area contributed by atoms with E-state index >= 15 is 0 Å². The van der Waals surface area contributed by atoms with Gasteiger partial charge in [0.2, 0.25) is 5.91 Å². The maximum absolute atomic E-state index is 13.3. The zero-order valence-corrected chi connectivity index (χ0v) is 51.6. The molecule has 0 spiro atoms. The number of hydrogen-bond acceptors (Lipinski definition) is 13. The van der Waals surface area contributed by atoms with E-state index in [-0.39, 0.29) is 12.5 Å². The second-order valence-corrected chi connectivity index (χ2v) is 24.7. The van der Waals surface area contributed by atoms with Crippen LogP contribution in [-0.2, 0) is 23.7 Å². The van der Waals surface area contributed by atoms with Crippen LogP contribution in [0.25, 0.3) is 0 Å². The summed E-state index contributed by atoms with van der Waals surface area (Å²) < 4.78 is 22.9. The maximum Gasteiger partial charge on any atom is 0.220 e. The van der Waals surface area contributed by atoms with Gasteiger partial charge in [-0.1, -0.05) is 303 Å². The standard InChI is InChI=1S/C66H129NO13/c1-3-5-7-9-11-13-15-17-19-21-22-23-24-25-26-27-28-29-30-31-32-33-34-35-37-39-41-43-45-47-49-55(70)54(67-58(71)50-48-46-44-42-40-38-36-20-18-16-14-12-10-8-6-4-2)53-77-65-63(76)61(74)64(57(52-69)79-65)80-66-62(75)60(73)59(72)56(51-68)78-66/h54-57,59-66,68-70,72-76H,3-53H2,1-2H3,(H,67,71). The quantitative estimate of drug-likeness (QED) is 0.0259. The Balaban J connectivity index is 1.64. The van der Waals surface area contributed by atoms with E-state index in [1.807, 2.05) is 0 Å². The van der Waals surface area contributed by atoms with E-state index in [9.17, 15) is 45.6 Å². The van der Waals surface area contributed by atoms with Gasteiger partial charge >= 0.3 is 0 Å². The molecular weight excluding hydrogens is 1010 g/mol. The van der Waals surface area contributed by atoms with Crippen molar-refractivity contribution >= 4 is 5.91 Å². The van der Waals surface area contributed by atoms with Gasteiger partial charge in [-0.15, -0.1) is 0 Å². The Morgan fingerprint density at radius 1 is 0.400 bits per heavy atom. The first kappa shape index (κ1) is 75.1. The second kappa shape index (κ2) is 52.3. The molecule has 1 amide bonds. The SMILES string of the molecule is CCCCCCCCCCCCCCCCCCCCCCCCCCCCCCCCC(O)C(COC1OC(CO)C(OC2OC(CO)C(O)C(O)C2O)C(O)C1O)NC(=O)CCCCCCCCCCCCCCCCCC. The molecule has 14 heteroatoms. The lowest BCUT2D eigenvalue weighted by atomic mass is 9.97. The summed E-state index contributed by atoms with van der Waals surface area (Å²) in [6.07, 6.45) is 44.1. The van der Waals surface area contributed by atoms with Gasteiger partial charge in [-0.2, -0.15) is 0 Å². The second-order valence-electron chi connectivity index (χ2n) is 24.7. The van der Waals surface area contributed by atoms with E-state index in [4.69, 9.17) is 18.9 Å². The molecule has 2 rings (SSSR count). The van der Waals surface area contributed by atoms with E-state index in [1.54, 1.807) is 0 Å². The van der Waals surface area contributed by atoms with Crippen LogP contribution in [0.1, 0.15) is 322 Å². The van der Waals surface area contributed by atoms with E-state index in [0.717, 1.165) is 51.4 Å². The third-order valence-electron chi connectivity index (χ3n) is 17.3. The van der Waals surface area contributed by atoms with Crippen molar-refractivity contribution in [1.29, 1.82) is 0 Å². The Morgan fingerprint density at radius 2 is 0.713 bits per heavy atom. The normalized spacial score (nSPS) is 24.1. The zero-order valence-electron chi connectivity index (χ0n) is 51.6. The molecule has 0 saturated carbocycles. The number of carbonyl (C=O) groups excluding carboxylic acids is 1. The summed E-state index contributed by atoms with van der Waals surface area (Å²) in [5, 5.41) is 87.5. The number of unbranched alkanes of at least 4 members (excludes halogenated alkanes) is 44. The summed E-state index contributed by atoms with van der Waals surface area (Å²) in [5.74, 6) is -0.199. The minimum absolute atomic E-state index is 0.199.